The van der Waals surface area contributed by atoms with Gasteiger partial charge in [0.05, 0.1) is 5.69 Å². The molecular formula is C23H22ClNO2S. The van der Waals surface area contributed by atoms with Crippen LogP contribution in [0.4, 0.5) is 5.69 Å². The van der Waals surface area contributed by atoms with Crippen molar-refractivity contribution in [2.75, 3.05) is 11.2 Å². The summed E-state index contributed by atoms with van der Waals surface area (Å²) in [6.45, 7) is 1.94. The lowest BCUT2D eigenvalue weighted by atomic mass is 9.77. The number of nitrogens with zero attached hydrogens (tertiary/aromatic N) is 1. The Morgan fingerprint density at radius 3 is 2.50 bits per heavy atom. The number of carbonyl (C=O) groups excluding carboxylic acids is 2. The fourth-order valence-corrected chi connectivity index (χ4v) is 4.72. The van der Waals surface area contributed by atoms with E-state index in [2.05, 4.69) is 24.3 Å². The number of allylic oxidation sites excluding steroid dienone is 2. The van der Waals surface area contributed by atoms with Gasteiger partial charge in [0.15, 0.2) is 5.78 Å². The molecule has 3 nitrogen and oxygen atoms in total. The molecule has 5 heteroatoms. The number of amides is 1. The molecule has 0 bridgehead atoms. The van der Waals surface area contributed by atoms with Crippen LogP contribution in [0.15, 0.2) is 58.6 Å². The third-order valence-corrected chi connectivity index (χ3v) is 6.76. The topological polar surface area (TPSA) is 37.4 Å². The fourth-order valence-electron chi connectivity index (χ4n) is 4.13. The first-order valence-electron chi connectivity index (χ1n) is 9.49. The quantitative estimate of drug-likeness (QED) is 0.590. The Kier molecular flexibility index (Phi) is 5.35. The van der Waals surface area contributed by atoms with Gasteiger partial charge in [-0.1, -0.05) is 29.8 Å². The van der Waals surface area contributed by atoms with E-state index in [1.165, 1.54) is 4.90 Å². The van der Waals surface area contributed by atoms with E-state index in [0.717, 1.165) is 40.9 Å². The lowest BCUT2D eigenvalue weighted by Crippen LogP contribution is -2.40. The van der Waals surface area contributed by atoms with Crippen LogP contribution in [0, 0.1) is 6.92 Å². The monoisotopic (exact) mass is 411 g/mol. The second-order valence-corrected chi connectivity index (χ2v) is 8.62. The van der Waals surface area contributed by atoms with Crippen molar-refractivity contribution < 1.29 is 9.59 Å². The average Bonchev–Trinajstić information content (AvgIpc) is 2.70. The second kappa shape index (κ2) is 7.76. The lowest BCUT2D eigenvalue weighted by Gasteiger charge is -2.38. The Labute approximate surface area is 174 Å². The molecule has 1 atom stereocenters. The van der Waals surface area contributed by atoms with Gasteiger partial charge in [0.25, 0.3) is 0 Å². The molecule has 144 valence electrons. The van der Waals surface area contributed by atoms with E-state index in [9.17, 15) is 9.59 Å². The summed E-state index contributed by atoms with van der Waals surface area (Å²) in [5.74, 6) is 0.0200. The van der Waals surface area contributed by atoms with Gasteiger partial charge in [-0.15, -0.1) is 11.8 Å². The molecule has 1 heterocycles. The Bertz CT molecular complexity index is 981. The number of carbonyl (C=O) groups is 2. The third-order valence-electron chi connectivity index (χ3n) is 5.61. The minimum absolute atomic E-state index is 0.0207. The van der Waals surface area contributed by atoms with Gasteiger partial charge in [0.1, 0.15) is 0 Å². The molecule has 1 amide bonds. The van der Waals surface area contributed by atoms with E-state index in [1.54, 1.807) is 16.7 Å². The number of Topliss-reactive ketones (excluding diaryl/α,β-unsaturated/α-hetero) is 1. The summed E-state index contributed by atoms with van der Waals surface area (Å²) in [4.78, 5) is 29.0. The van der Waals surface area contributed by atoms with Crippen molar-refractivity contribution in [1.82, 2.24) is 0 Å². The van der Waals surface area contributed by atoms with E-state index < -0.39 is 0 Å². The molecule has 1 aliphatic carbocycles. The average molecular weight is 412 g/mol. The Morgan fingerprint density at radius 1 is 1.07 bits per heavy atom. The maximum Gasteiger partial charge on any atom is 0.232 e. The van der Waals surface area contributed by atoms with Crippen LogP contribution in [-0.2, 0) is 9.59 Å². The molecule has 0 saturated carbocycles. The number of hydrogen-bond donors (Lipinski definition) is 0. The lowest BCUT2D eigenvalue weighted by molar-refractivity contribution is -0.119. The first-order valence-corrected chi connectivity index (χ1v) is 11.1. The highest BCUT2D eigenvalue weighted by Crippen LogP contribution is 2.44. The van der Waals surface area contributed by atoms with Crippen molar-refractivity contribution in [2.24, 2.45) is 0 Å². The minimum Gasteiger partial charge on any atom is -0.294 e. The molecule has 1 aliphatic heterocycles. The normalized spacial score (nSPS) is 19.8. The van der Waals surface area contributed by atoms with Gasteiger partial charge in [-0.3, -0.25) is 14.5 Å². The van der Waals surface area contributed by atoms with Crippen molar-refractivity contribution >= 4 is 40.7 Å². The number of thioether (sulfide) groups is 1. The minimum atomic E-state index is -0.164. The summed E-state index contributed by atoms with van der Waals surface area (Å²) < 4.78 is 0. The molecule has 0 fully saturated rings. The van der Waals surface area contributed by atoms with Gasteiger partial charge in [-0.05, 0) is 61.4 Å². The first kappa shape index (κ1) is 19.3. The molecule has 28 heavy (non-hydrogen) atoms. The number of anilines is 1. The first-order chi connectivity index (χ1) is 13.5. The van der Waals surface area contributed by atoms with Crippen LogP contribution < -0.4 is 4.90 Å². The van der Waals surface area contributed by atoms with Crippen molar-refractivity contribution in [1.29, 1.82) is 0 Å². The molecule has 2 aromatic carbocycles. The number of benzene rings is 2. The van der Waals surface area contributed by atoms with Crippen LogP contribution in [0.1, 0.15) is 42.7 Å². The van der Waals surface area contributed by atoms with Crippen LogP contribution in [0.3, 0.4) is 0 Å². The summed E-state index contributed by atoms with van der Waals surface area (Å²) in [5, 5.41) is 0.629. The molecule has 2 aliphatic rings. The molecule has 0 radical (unpaired) electrons. The Balaban J connectivity index is 1.82. The van der Waals surface area contributed by atoms with Crippen molar-refractivity contribution in [2.45, 2.75) is 43.4 Å². The van der Waals surface area contributed by atoms with Gasteiger partial charge in [-0.25, -0.2) is 0 Å². The van der Waals surface area contributed by atoms with Crippen molar-refractivity contribution in [3.05, 3.63) is 69.9 Å². The molecule has 2 aromatic rings. The number of halogens is 1. The van der Waals surface area contributed by atoms with E-state index >= 15 is 0 Å². The molecule has 0 spiro atoms. The second-order valence-electron chi connectivity index (χ2n) is 7.33. The number of ketones is 1. The predicted octanol–water partition coefficient (Wildman–Crippen LogP) is 5.90. The predicted molar refractivity (Wildman–Crippen MR) is 115 cm³/mol. The summed E-state index contributed by atoms with van der Waals surface area (Å²) in [6, 6.07) is 13.9. The highest BCUT2D eigenvalue weighted by molar-refractivity contribution is 7.98. The molecule has 4 rings (SSSR count). The van der Waals surface area contributed by atoms with Crippen molar-refractivity contribution in [3.8, 4) is 0 Å². The maximum atomic E-state index is 13.2. The summed E-state index contributed by atoms with van der Waals surface area (Å²) >= 11 is 8.00. The summed E-state index contributed by atoms with van der Waals surface area (Å²) in [7, 11) is 0. The number of hydrogen-bond acceptors (Lipinski definition) is 3. The molecule has 0 N–H and O–H groups in total. The van der Waals surface area contributed by atoms with Gasteiger partial charge in [0.2, 0.25) is 5.91 Å². The largest absolute Gasteiger partial charge is 0.294 e. The van der Waals surface area contributed by atoms with E-state index in [4.69, 9.17) is 11.6 Å². The third kappa shape index (κ3) is 3.40. The zero-order chi connectivity index (χ0) is 19.8. The zero-order valence-corrected chi connectivity index (χ0v) is 17.6. The standard InChI is InChI=1S/C23H22ClNO2S/c1-14-6-9-16(12-19(14)24)25-20-4-3-5-21(26)23(20)18(13-22(25)27)15-7-10-17(28-2)11-8-15/h6-12,18H,3-5,13H2,1-2H3. The molecule has 0 saturated heterocycles. The smallest absolute Gasteiger partial charge is 0.232 e. The van der Waals surface area contributed by atoms with Crippen LogP contribution in [0.5, 0.6) is 0 Å². The van der Waals surface area contributed by atoms with E-state index in [0.29, 0.717) is 17.9 Å². The molecule has 1 unspecified atom stereocenters. The van der Waals surface area contributed by atoms with Crippen LogP contribution >= 0.6 is 23.4 Å². The van der Waals surface area contributed by atoms with Gasteiger partial charge >= 0.3 is 0 Å². The van der Waals surface area contributed by atoms with Gasteiger partial charge in [-0.2, -0.15) is 0 Å². The Morgan fingerprint density at radius 2 is 1.82 bits per heavy atom. The zero-order valence-electron chi connectivity index (χ0n) is 16.0. The van der Waals surface area contributed by atoms with Crippen LogP contribution in [0.2, 0.25) is 5.02 Å². The SMILES string of the molecule is CSc1ccc(C2CC(=O)N(c3ccc(C)c(Cl)c3)C3=C2C(=O)CCC3)cc1. The number of aryl methyl sites for hydroxylation is 1. The summed E-state index contributed by atoms with van der Waals surface area (Å²) in [6.07, 6.45) is 4.40. The highest BCUT2D eigenvalue weighted by Gasteiger charge is 2.39. The van der Waals surface area contributed by atoms with E-state index in [-0.39, 0.29) is 17.6 Å². The van der Waals surface area contributed by atoms with E-state index in [1.807, 2.05) is 31.4 Å². The summed E-state index contributed by atoms with van der Waals surface area (Å²) in [5.41, 5.74) is 4.41. The van der Waals surface area contributed by atoms with Crippen molar-refractivity contribution in [3.63, 3.8) is 0 Å². The molecule has 0 aromatic heterocycles. The maximum absolute atomic E-state index is 13.2. The Hall–Kier alpha value is -2.04. The van der Waals surface area contributed by atoms with Gasteiger partial charge in [0, 0.05) is 39.9 Å². The van der Waals surface area contributed by atoms with Crippen LogP contribution in [0.25, 0.3) is 0 Å². The highest BCUT2D eigenvalue weighted by atomic mass is 35.5. The fraction of sp³-hybridized carbons (Fsp3) is 0.304. The molecular weight excluding hydrogens is 390 g/mol. The van der Waals surface area contributed by atoms with Gasteiger partial charge < -0.3 is 0 Å². The number of rotatable bonds is 3. The van der Waals surface area contributed by atoms with Crippen LogP contribution in [-0.4, -0.2) is 17.9 Å².